The van der Waals surface area contributed by atoms with Gasteiger partial charge in [0.05, 0.1) is 0 Å². The lowest BCUT2D eigenvalue weighted by molar-refractivity contribution is 0.155. The number of amides is 1. The molecule has 2 unspecified atom stereocenters. The highest BCUT2D eigenvalue weighted by Gasteiger charge is 2.40. The molecule has 0 bridgehead atoms. The van der Waals surface area contributed by atoms with Crippen LogP contribution in [0.4, 0.5) is 10.6 Å². The van der Waals surface area contributed by atoms with Crippen molar-refractivity contribution in [1.82, 2.24) is 19.7 Å². The van der Waals surface area contributed by atoms with Crippen molar-refractivity contribution in [2.24, 2.45) is 0 Å². The Kier molecular flexibility index (Phi) is 4.97. The van der Waals surface area contributed by atoms with E-state index >= 15 is 0 Å². The molecular weight excluding hydrogens is 422 g/mol. The van der Waals surface area contributed by atoms with Crippen molar-refractivity contribution in [3.05, 3.63) is 58.7 Å². The van der Waals surface area contributed by atoms with E-state index in [1.807, 2.05) is 40.9 Å². The molecule has 28 heavy (non-hydrogen) atoms. The molecule has 1 aliphatic rings. The summed E-state index contributed by atoms with van der Waals surface area (Å²) in [5.41, 5.74) is 7.39. The van der Waals surface area contributed by atoms with Gasteiger partial charge in [-0.2, -0.15) is 0 Å². The van der Waals surface area contributed by atoms with Gasteiger partial charge < -0.3 is 16.2 Å². The molecule has 3 aromatic rings. The Bertz CT molecular complexity index is 1010. The van der Waals surface area contributed by atoms with Crippen molar-refractivity contribution in [2.75, 3.05) is 5.73 Å². The Morgan fingerprint density at radius 1 is 1.39 bits per heavy atom. The number of hydrogen-bond acceptors (Lipinski definition) is 4. The van der Waals surface area contributed by atoms with E-state index < -0.39 is 11.6 Å². The van der Waals surface area contributed by atoms with Gasteiger partial charge in [0, 0.05) is 23.9 Å². The first-order valence-corrected chi connectivity index (χ1v) is 10.1. The standard InChI is InChI=1S/C20H22BrN5O2/c21-16-15-17(22)23-9-10-26(15)18(24-16)14-7-4-8-20(12-14,25-19(27)28)11-13-5-2-1-3-6-13/h1-3,5-6,9-10,14,25H,4,7-8,11-12H2,(H2,22,23)(H,27,28). The number of anilines is 1. The van der Waals surface area contributed by atoms with Crippen LogP contribution in [0.3, 0.4) is 0 Å². The van der Waals surface area contributed by atoms with Gasteiger partial charge in [-0.25, -0.2) is 14.8 Å². The molecule has 2 atom stereocenters. The SMILES string of the molecule is Nc1nccn2c(C3CCCC(Cc4ccccc4)(NC(=O)O)C3)nc(Br)c12. The molecule has 2 heterocycles. The molecule has 7 nitrogen and oxygen atoms in total. The van der Waals surface area contributed by atoms with Gasteiger partial charge in [0.2, 0.25) is 0 Å². The van der Waals surface area contributed by atoms with Crippen LogP contribution in [0.15, 0.2) is 47.3 Å². The third kappa shape index (κ3) is 3.56. The van der Waals surface area contributed by atoms with E-state index in [-0.39, 0.29) is 5.92 Å². The number of carbonyl (C=O) groups is 1. The van der Waals surface area contributed by atoms with Crippen molar-refractivity contribution < 1.29 is 9.90 Å². The van der Waals surface area contributed by atoms with Crippen molar-refractivity contribution in [3.8, 4) is 0 Å². The van der Waals surface area contributed by atoms with Gasteiger partial charge in [-0.3, -0.25) is 4.40 Å². The molecule has 1 aliphatic carbocycles. The molecule has 146 valence electrons. The molecule has 2 aromatic heterocycles. The van der Waals surface area contributed by atoms with Crippen LogP contribution in [0.1, 0.15) is 43.0 Å². The first-order chi connectivity index (χ1) is 13.5. The van der Waals surface area contributed by atoms with E-state index in [4.69, 9.17) is 10.7 Å². The van der Waals surface area contributed by atoms with Gasteiger partial charge in [-0.15, -0.1) is 0 Å². The van der Waals surface area contributed by atoms with Crippen LogP contribution in [-0.4, -0.2) is 31.1 Å². The van der Waals surface area contributed by atoms with E-state index in [9.17, 15) is 9.90 Å². The Morgan fingerprint density at radius 3 is 2.93 bits per heavy atom. The molecule has 4 N–H and O–H groups in total. The number of benzene rings is 1. The van der Waals surface area contributed by atoms with Crippen LogP contribution in [0, 0.1) is 0 Å². The summed E-state index contributed by atoms with van der Waals surface area (Å²) in [6.45, 7) is 0. The maximum absolute atomic E-state index is 11.6. The molecule has 4 rings (SSSR count). The number of nitrogens with one attached hydrogen (secondary N) is 1. The number of fused-ring (bicyclic) bond motifs is 1. The molecule has 8 heteroatoms. The molecule has 0 radical (unpaired) electrons. The normalized spacial score (nSPS) is 22.2. The summed E-state index contributed by atoms with van der Waals surface area (Å²) in [7, 11) is 0. The van der Waals surface area contributed by atoms with E-state index in [1.54, 1.807) is 6.20 Å². The number of carboxylic acid groups (broad SMARTS) is 1. The second-order valence-electron chi connectivity index (χ2n) is 7.46. The summed E-state index contributed by atoms with van der Waals surface area (Å²) in [6.07, 6.45) is 6.55. The smallest absolute Gasteiger partial charge is 0.405 e. The summed E-state index contributed by atoms with van der Waals surface area (Å²) in [5, 5.41) is 12.4. The van der Waals surface area contributed by atoms with Gasteiger partial charge in [-0.05, 0) is 47.2 Å². The molecule has 1 saturated carbocycles. The first kappa shape index (κ1) is 18.7. The zero-order chi connectivity index (χ0) is 19.7. The van der Waals surface area contributed by atoms with Gasteiger partial charge in [0.1, 0.15) is 15.9 Å². The largest absolute Gasteiger partial charge is 0.465 e. The summed E-state index contributed by atoms with van der Waals surface area (Å²) >= 11 is 3.50. The van der Waals surface area contributed by atoms with E-state index in [2.05, 4.69) is 26.2 Å². The van der Waals surface area contributed by atoms with Crippen LogP contribution in [-0.2, 0) is 6.42 Å². The van der Waals surface area contributed by atoms with Crippen molar-refractivity contribution in [1.29, 1.82) is 0 Å². The number of aromatic nitrogens is 3. The van der Waals surface area contributed by atoms with Crippen LogP contribution in [0.2, 0.25) is 0 Å². The predicted molar refractivity (Wildman–Crippen MR) is 110 cm³/mol. The third-order valence-corrected chi connectivity index (χ3v) is 6.09. The van der Waals surface area contributed by atoms with Crippen LogP contribution in [0.25, 0.3) is 5.52 Å². The lowest BCUT2D eigenvalue weighted by Gasteiger charge is -2.40. The number of nitrogen functional groups attached to an aromatic ring is 1. The number of rotatable bonds is 4. The lowest BCUT2D eigenvalue weighted by atomic mass is 9.72. The molecule has 0 saturated heterocycles. The van der Waals surface area contributed by atoms with Crippen molar-refractivity contribution in [3.63, 3.8) is 0 Å². The molecule has 1 aromatic carbocycles. The van der Waals surface area contributed by atoms with Gasteiger partial charge in [-0.1, -0.05) is 36.8 Å². The zero-order valence-corrected chi connectivity index (χ0v) is 16.9. The van der Waals surface area contributed by atoms with Gasteiger partial charge in [0.15, 0.2) is 5.82 Å². The minimum absolute atomic E-state index is 0.116. The number of hydrogen-bond donors (Lipinski definition) is 3. The summed E-state index contributed by atoms with van der Waals surface area (Å²) in [5.74, 6) is 1.42. The Morgan fingerprint density at radius 2 is 2.18 bits per heavy atom. The molecule has 0 spiro atoms. The van der Waals surface area contributed by atoms with Gasteiger partial charge >= 0.3 is 6.09 Å². The first-order valence-electron chi connectivity index (χ1n) is 9.30. The monoisotopic (exact) mass is 443 g/mol. The van der Waals surface area contributed by atoms with Crippen LogP contribution >= 0.6 is 15.9 Å². The Balaban J connectivity index is 1.70. The Hall–Kier alpha value is -2.61. The zero-order valence-electron chi connectivity index (χ0n) is 15.3. The topological polar surface area (TPSA) is 106 Å². The fraction of sp³-hybridized carbons (Fsp3) is 0.350. The van der Waals surface area contributed by atoms with E-state index in [1.165, 1.54) is 0 Å². The number of nitrogens with two attached hydrogens (primary N) is 1. The molecular formula is C20H22BrN5O2. The van der Waals surface area contributed by atoms with E-state index in [0.717, 1.165) is 36.2 Å². The highest BCUT2D eigenvalue weighted by atomic mass is 79.9. The highest BCUT2D eigenvalue weighted by Crippen LogP contribution is 2.41. The van der Waals surface area contributed by atoms with Crippen LogP contribution in [0.5, 0.6) is 0 Å². The van der Waals surface area contributed by atoms with Crippen LogP contribution < -0.4 is 11.1 Å². The predicted octanol–water partition coefficient (Wildman–Crippen LogP) is 3.98. The second-order valence-corrected chi connectivity index (χ2v) is 8.21. The fourth-order valence-electron chi connectivity index (χ4n) is 4.45. The van der Waals surface area contributed by atoms with E-state index in [0.29, 0.717) is 23.3 Å². The lowest BCUT2D eigenvalue weighted by Crippen LogP contribution is -2.52. The molecule has 0 aliphatic heterocycles. The fourth-order valence-corrected chi connectivity index (χ4v) is 5.02. The number of imidazole rings is 1. The van der Waals surface area contributed by atoms with Crippen molar-refractivity contribution in [2.45, 2.75) is 43.6 Å². The third-order valence-electron chi connectivity index (χ3n) is 5.54. The quantitative estimate of drug-likeness (QED) is 0.565. The Labute approximate surface area is 171 Å². The summed E-state index contributed by atoms with van der Waals surface area (Å²) in [6, 6.07) is 10.0. The van der Waals surface area contributed by atoms with Gasteiger partial charge in [0.25, 0.3) is 0 Å². The number of halogens is 1. The average molecular weight is 444 g/mol. The summed E-state index contributed by atoms with van der Waals surface area (Å²) < 4.78 is 2.63. The number of nitrogens with zero attached hydrogens (tertiary/aromatic N) is 3. The maximum atomic E-state index is 11.6. The average Bonchev–Trinajstić information content (AvgIpc) is 3.00. The molecule has 1 amide bonds. The highest BCUT2D eigenvalue weighted by molar-refractivity contribution is 9.10. The summed E-state index contributed by atoms with van der Waals surface area (Å²) in [4.78, 5) is 20.5. The van der Waals surface area contributed by atoms with Crippen molar-refractivity contribution >= 4 is 33.4 Å². The second kappa shape index (κ2) is 7.43. The maximum Gasteiger partial charge on any atom is 0.405 e. The molecule has 1 fully saturated rings. The minimum atomic E-state index is -0.987. The minimum Gasteiger partial charge on any atom is -0.465 e.